The lowest BCUT2D eigenvalue weighted by atomic mass is 10.2. The third-order valence-electron chi connectivity index (χ3n) is 2.05. The Hall–Kier alpha value is -1.91. The molecule has 15 heavy (non-hydrogen) atoms. The zero-order chi connectivity index (χ0) is 10.8. The summed E-state index contributed by atoms with van der Waals surface area (Å²) in [5.41, 5.74) is 1.49. The molecule has 0 N–H and O–H groups in total. The van der Waals surface area contributed by atoms with Crippen LogP contribution in [-0.4, -0.2) is 27.5 Å². The molecule has 78 valence electrons. The number of nitrogens with zero attached hydrogens (tertiary/aromatic N) is 3. The lowest BCUT2D eigenvalue weighted by Gasteiger charge is -2.01. The van der Waals surface area contributed by atoms with E-state index in [0.717, 1.165) is 5.69 Å². The Kier molecular flexibility index (Phi) is 2.37. The minimum absolute atomic E-state index is 0.0846. The summed E-state index contributed by atoms with van der Waals surface area (Å²) in [6.45, 7) is 1.54. The predicted octanol–water partition coefficient (Wildman–Crippen LogP) is 0.869. The van der Waals surface area contributed by atoms with Crippen LogP contribution in [0.5, 0.6) is 5.88 Å². The molecule has 0 spiro atoms. The minimum atomic E-state index is 0.0846. The van der Waals surface area contributed by atoms with Crippen LogP contribution >= 0.6 is 0 Å². The molecule has 0 unspecified atom stereocenters. The van der Waals surface area contributed by atoms with Crippen molar-refractivity contribution in [1.29, 1.82) is 0 Å². The van der Waals surface area contributed by atoms with Crippen LogP contribution in [0, 0.1) is 0 Å². The molecule has 0 aromatic carbocycles. The monoisotopic (exact) mass is 205 g/mol. The van der Waals surface area contributed by atoms with Crippen LogP contribution in [0.2, 0.25) is 0 Å². The van der Waals surface area contributed by atoms with E-state index in [1.165, 1.54) is 0 Å². The zero-order valence-corrected chi connectivity index (χ0v) is 8.60. The number of hydrogen-bond acceptors (Lipinski definition) is 4. The summed E-state index contributed by atoms with van der Waals surface area (Å²) in [5, 5.41) is 4.19. The Balaban J connectivity index is 2.51. The van der Waals surface area contributed by atoms with Gasteiger partial charge in [0.15, 0.2) is 5.65 Å². The summed E-state index contributed by atoms with van der Waals surface area (Å²) >= 11 is 0. The van der Waals surface area contributed by atoms with E-state index in [9.17, 15) is 4.79 Å². The van der Waals surface area contributed by atoms with Gasteiger partial charge < -0.3 is 4.74 Å². The van der Waals surface area contributed by atoms with Gasteiger partial charge in [0.05, 0.1) is 25.4 Å². The molecule has 0 aliphatic heterocycles. The molecular weight excluding hydrogens is 194 g/mol. The molecule has 2 aromatic heterocycles. The molecule has 0 amide bonds. The SMILES string of the molecule is COc1ccc2ncc(CC(C)=O)n2n1. The Labute approximate surface area is 86.7 Å². The molecule has 2 heterocycles. The number of rotatable bonds is 3. The second-order valence-corrected chi connectivity index (χ2v) is 3.27. The lowest BCUT2D eigenvalue weighted by Crippen LogP contribution is -2.03. The van der Waals surface area contributed by atoms with Crippen LogP contribution in [-0.2, 0) is 11.2 Å². The average Bonchev–Trinajstić information content (AvgIpc) is 2.60. The van der Waals surface area contributed by atoms with E-state index < -0.39 is 0 Å². The van der Waals surface area contributed by atoms with Crippen molar-refractivity contribution in [1.82, 2.24) is 14.6 Å². The third-order valence-corrected chi connectivity index (χ3v) is 2.05. The van der Waals surface area contributed by atoms with Crippen LogP contribution in [0.25, 0.3) is 5.65 Å². The number of imidazole rings is 1. The Morgan fingerprint density at radius 2 is 2.33 bits per heavy atom. The number of fused-ring (bicyclic) bond motifs is 1. The third kappa shape index (κ3) is 1.81. The van der Waals surface area contributed by atoms with Crippen LogP contribution in [0.1, 0.15) is 12.6 Å². The van der Waals surface area contributed by atoms with E-state index >= 15 is 0 Å². The van der Waals surface area contributed by atoms with Gasteiger partial charge in [-0.05, 0) is 13.0 Å². The molecule has 0 radical (unpaired) electrons. The largest absolute Gasteiger partial charge is 0.480 e. The fourth-order valence-electron chi connectivity index (χ4n) is 1.39. The molecule has 2 rings (SSSR count). The number of Topliss-reactive ketones (excluding diaryl/α,β-unsaturated/α-hetero) is 1. The maximum atomic E-state index is 11.0. The van der Waals surface area contributed by atoms with Gasteiger partial charge in [-0.2, -0.15) is 0 Å². The van der Waals surface area contributed by atoms with Gasteiger partial charge in [0.1, 0.15) is 5.78 Å². The Bertz CT molecular complexity index is 504. The van der Waals surface area contributed by atoms with Crippen molar-refractivity contribution in [2.75, 3.05) is 7.11 Å². The highest BCUT2D eigenvalue weighted by Gasteiger charge is 2.07. The summed E-state index contributed by atoms with van der Waals surface area (Å²) in [6, 6.07) is 3.54. The van der Waals surface area contributed by atoms with Gasteiger partial charge in [-0.3, -0.25) is 4.79 Å². The number of ketones is 1. The van der Waals surface area contributed by atoms with Gasteiger partial charge >= 0.3 is 0 Å². The highest BCUT2D eigenvalue weighted by molar-refractivity contribution is 5.77. The first-order chi connectivity index (χ1) is 7.20. The summed E-state index contributed by atoms with van der Waals surface area (Å²) in [6.07, 6.45) is 1.99. The molecule has 0 saturated carbocycles. The fraction of sp³-hybridized carbons (Fsp3) is 0.300. The topological polar surface area (TPSA) is 56.5 Å². The number of ether oxygens (including phenoxy) is 1. The fourth-order valence-corrected chi connectivity index (χ4v) is 1.39. The summed E-state index contributed by atoms with van der Waals surface area (Å²) in [4.78, 5) is 15.1. The van der Waals surface area contributed by atoms with Gasteiger partial charge in [-0.1, -0.05) is 0 Å². The smallest absolute Gasteiger partial charge is 0.231 e. The first-order valence-electron chi connectivity index (χ1n) is 4.58. The van der Waals surface area contributed by atoms with Crippen molar-refractivity contribution < 1.29 is 9.53 Å². The molecule has 0 aliphatic carbocycles. The molecule has 0 aliphatic rings. The number of hydrogen-bond donors (Lipinski definition) is 0. The van der Waals surface area contributed by atoms with Gasteiger partial charge in [-0.25, -0.2) is 9.50 Å². The van der Waals surface area contributed by atoms with Crippen molar-refractivity contribution >= 4 is 11.4 Å². The molecule has 2 aromatic rings. The van der Waals surface area contributed by atoms with Crippen LogP contribution < -0.4 is 4.74 Å². The maximum absolute atomic E-state index is 11.0. The van der Waals surface area contributed by atoms with Crippen molar-refractivity contribution in [3.63, 3.8) is 0 Å². The molecule has 0 fully saturated rings. The number of aromatic nitrogens is 3. The van der Waals surface area contributed by atoms with Crippen molar-refractivity contribution in [2.45, 2.75) is 13.3 Å². The van der Waals surface area contributed by atoms with E-state index in [2.05, 4.69) is 10.1 Å². The molecule has 5 nitrogen and oxygen atoms in total. The summed E-state index contributed by atoms with van der Waals surface area (Å²) < 4.78 is 6.63. The Morgan fingerprint density at radius 1 is 1.53 bits per heavy atom. The van der Waals surface area contributed by atoms with Crippen LogP contribution in [0.15, 0.2) is 18.3 Å². The number of carbonyl (C=O) groups excluding carboxylic acids is 1. The maximum Gasteiger partial charge on any atom is 0.231 e. The van der Waals surface area contributed by atoms with Gasteiger partial charge in [0.25, 0.3) is 0 Å². The summed E-state index contributed by atoms with van der Waals surface area (Å²) in [5.74, 6) is 0.590. The van der Waals surface area contributed by atoms with Crippen molar-refractivity contribution in [2.24, 2.45) is 0 Å². The molecular formula is C10H11N3O2. The molecule has 0 saturated heterocycles. The first-order valence-corrected chi connectivity index (χ1v) is 4.58. The molecule has 0 atom stereocenters. The predicted molar refractivity (Wildman–Crippen MR) is 53.9 cm³/mol. The van der Waals surface area contributed by atoms with Gasteiger partial charge in [0.2, 0.25) is 5.88 Å². The second kappa shape index (κ2) is 3.68. The molecule has 0 bridgehead atoms. The molecule has 5 heteroatoms. The first kappa shape index (κ1) is 9.64. The normalized spacial score (nSPS) is 10.5. The Morgan fingerprint density at radius 3 is 3.00 bits per heavy atom. The average molecular weight is 205 g/mol. The van der Waals surface area contributed by atoms with Crippen LogP contribution in [0.3, 0.4) is 0 Å². The van der Waals surface area contributed by atoms with E-state index in [1.807, 2.05) is 0 Å². The zero-order valence-electron chi connectivity index (χ0n) is 8.60. The number of methoxy groups -OCH3 is 1. The minimum Gasteiger partial charge on any atom is -0.480 e. The van der Waals surface area contributed by atoms with E-state index in [1.54, 1.807) is 36.9 Å². The lowest BCUT2D eigenvalue weighted by molar-refractivity contribution is -0.116. The quantitative estimate of drug-likeness (QED) is 0.746. The van der Waals surface area contributed by atoms with Gasteiger partial charge in [0, 0.05) is 6.07 Å². The van der Waals surface area contributed by atoms with Gasteiger partial charge in [-0.15, -0.1) is 5.10 Å². The summed E-state index contributed by atoms with van der Waals surface area (Å²) in [7, 11) is 1.55. The highest BCUT2D eigenvalue weighted by Crippen LogP contribution is 2.10. The van der Waals surface area contributed by atoms with E-state index in [-0.39, 0.29) is 5.78 Å². The van der Waals surface area contributed by atoms with Crippen molar-refractivity contribution in [3.05, 3.63) is 24.0 Å². The second-order valence-electron chi connectivity index (χ2n) is 3.27. The standard InChI is InChI=1S/C10H11N3O2/c1-7(14)5-8-6-11-9-3-4-10(15-2)12-13(8)9/h3-4,6H,5H2,1-2H3. The number of carbonyl (C=O) groups is 1. The van der Waals surface area contributed by atoms with E-state index in [0.29, 0.717) is 17.9 Å². The highest BCUT2D eigenvalue weighted by atomic mass is 16.5. The van der Waals surface area contributed by atoms with E-state index in [4.69, 9.17) is 4.74 Å². The van der Waals surface area contributed by atoms with Crippen LogP contribution in [0.4, 0.5) is 0 Å². The van der Waals surface area contributed by atoms with Crippen molar-refractivity contribution in [3.8, 4) is 5.88 Å².